The van der Waals surface area contributed by atoms with E-state index in [9.17, 15) is 8.42 Å². The topological polar surface area (TPSA) is 46.6 Å². The van der Waals surface area contributed by atoms with Crippen molar-refractivity contribution in [3.8, 4) is 5.75 Å². The molecule has 0 amide bonds. The molecule has 124 valence electrons. The lowest BCUT2D eigenvalue weighted by atomic mass is 9.98. The summed E-state index contributed by atoms with van der Waals surface area (Å²) >= 11 is 0. The van der Waals surface area contributed by atoms with Crippen molar-refractivity contribution in [2.24, 2.45) is 5.92 Å². The molecule has 1 aliphatic rings. The number of hydrogen-bond donors (Lipinski definition) is 0. The highest BCUT2D eigenvalue weighted by Crippen LogP contribution is 2.34. The molecule has 0 spiro atoms. The molecule has 1 heterocycles. The maximum atomic E-state index is 13.0. The van der Waals surface area contributed by atoms with Gasteiger partial charge in [-0.2, -0.15) is 4.31 Å². The minimum Gasteiger partial charge on any atom is -0.495 e. The lowest BCUT2D eigenvalue weighted by molar-refractivity contribution is 0.280. The third-order valence-corrected chi connectivity index (χ3v) is 6.30. The predicted octanol–water partition coefficient (Wildman–Crippen LogP) is 3.55. The number of hydrogen-bond acceptors (Lipinski definition) is 3. The Bertz CT molecular complexity index is 638. The Morgan fingerprint density at radius 2 is 2.00 bits per heavy atom. The van der Waals surface area contributed by atoms with Gasteiger partial charge < -0.3 is 4.74 Å². The molecule has 0 N–H and O–H groups in total. The molecule has 0 aliphatic carbocycles. The molecule has 4 nitrogen and oxygen atoms in total. The average Bonchev–Trinajstić information content (AvgIpc) is 2.46. The first-order valence-corrected chi connectivity index (χ1v) is 9.40. The van der Waals surface area contributed by atoms with Crippen LogP contribution >= 0.6 is 0 Å². The van der Waals surface area contributed by atoms with Crippen molar-refractivity contribution in [2.75, 3.05) is 20.2 Å². The van der Waals surface area contributed by atoms with Gasteiger partial charge >= 0.3 is 0 Å². The highest BCUT2D eigenvalue weighted by molar-refractivity contribution is 7.89. The van der Waals surface area contributed by atoms with E-state index >= 15 is 0 Å². The number of ether oxygens (including phenoxy) is 1. The van der Waals surface area contributed by atoms with E-state index in [1.54, 1.807) is 10.4 Å². The monoisotopic (exact) mass is 325 g/mol. The predicted molar refractivity (Wildman–Crippen MR) is 89.0 cm³/mol. The van der Waals surface area contributed by atoms with E-state index in [1.807, 2.05) is 13.0 Å². The van der Waals surface area contributed by atoms with E-state index in [-0.39, 0.29) is 5.92 Å². The van der Waals surface area contributed by atoms with Gasteiger partial charge in [0.1, 0.15) is 10.6 Å². The zero-order valence-corrected chi connectivity index (χ0v) is 15.0. The first-order chi connectivity index (χ1) is 10.3. The third kappa shape index (κ3) is 3.30. The molecular formula is C17H27NO3S. The second-order valence-electron chi connectivity index (χ2n) is 6.62. The average molecular weight is 325 g/mol. The van der Waals surface area contributed by atoms with Gasteiger partial charge in [-0.25, -0.2) is 8.42 Å². The van der Waals surface area contributed by atoms with Gasteiger partial charge in [0, 0.05) is 13.1 Å². The highest BCUT2D eigenvalue weighted by atomic mass is 32.2. The molecular weight excluding hydrogens is 298 g/mol. The van der Waals surface area contributed by atoms with E-state index in [1.165, 1.54) is 7.11 Å². The summed E-state index contributed by atoms with van der Waals surface area (Å²) in [7, 11) is -1.97. The zero-order chi connectivity index (χ0) is 16.5. The van der Waals surface area contributed by atoms with Crippen molar-refractivity contribution >= 4 is 10.0 Å². The summed E-state index contributed by atoms with van der Waals surface area (Å²) in [5.74, 6) is 1.13. The van der Waals surface area contributed by atoms with Crippen molar-refractivity contribution in [3.05, 3.63) is 23.3 Å². The van der Waals surface area contributed by atoms with Gasteiger partial charge in [0.25, 0.3) is 0 Å². The van der Waals surface area contributed by atoms with Crippen molar-refractivity contribution in [3.63, 3.8) is 0 Å². The zero-order valence-electron chi connectivity index (χ0n) is 14.2. The van der Waals surface area contributed by atoms with Gasteiger partial charge in [-0.15, -0.1) is 0 Å². The summed E-state index contributed by atoms with van der Waals surface area (Å²) in [6.07, 6.45) is 2.01. The van der Waals surface area contributed by atoms with E-state index in [4.69, 9.17) is 4.74 Å². The fourth-order valence-corrected chi connectivity index (χ4v) is 4.93. The summed E-state index contributed by atoms with van der Waals surface area (Å²) in [6.45, 7) is 9.45. The van der Waals surface area contributed by atoms with Crippen LogP contribution in [-0.2, 0) is 10.0 Å². The summed E-state index contributed by atoms with van der Waals surface area (Å²) in [5, 5.41) is 0. The van der Waals surface area contributed by atoms with Gasteiger partial charge in [0.05, 0.1) is 7.11 Å². The highest BCUT2D eigenvalue weighted by Gasteiger charge is 2.31. The number of benzene rings is 1. The van der Waals surface area contributed by atoms with Crippen LogP contribution in [0.3, 0.4) is 0 Å². The Morgan fingerprint density at radius 1 is 1.32 bits per heavy atom. The Morgan fingerprint density at radius 3 is 2.55 bits per heavy atom. The van der Waals surface area contributed by atoms with Crippen molar-refractivity contribution in [2.45, 2.75) is 51.3 Å². The first kappa shape index (κ1) is 17.3. The molecule has 1 atom stereocenters. The molecule has 1 unspecified atom stereocenters. The van der Waals surface area contributed by atoms with Gasteiger partial charge in [-0.1, -0.05) is 20.8 Å². The van der Waals surface area contributed by atoms with Gasteiger partial charge in [-0.05, 0) is 54.9 Å². The lowest BCUT2D eigenvalue weighted by Crippen LogP contribution is -2.39. The molecule has 0 aromatic heterocycles. The third-order valence-electron chi connectivity index (χ3n) is 4.41. The molecule has 1 aromatic rings. The Labute approximate surface area is 134 Å². The van der Waals surface area contributed by atoms with E-state index < -0.39 is 10.0 Å². The van der Waals surface area contributed by atoms with Gasteiger partial charge in [0.15, 0.2) is 0 Å². The standard InChI is InChI=1S/C17H27NO3S/c1-12(2)15-10-17(16(21-5)9-14(15)4)22(19,20)18-8-6-7-13(3)11-18/h9-10,12-13H,6-8,11H2,1-5H3. The van der Waals surface area contributed by atoms with E-state index in [2.05, 4.69) is 20.8 Å². The molecule has 1 aliphatic heterocycles. The quantitative estimate of drug-likeness (QED) is 0.850. The summed E-state index contributed by atoms with van der Waals surface area (Å²) in [6, 6.07) is 3.64. The van der Waals surface area contributed by atoms with Crippen LogP contribution in [0, 0.1) is 12.8 Å². The Kier molecular flexibility index (Phi) is 5.17. The number of aryl methyl sites for hydroxylation is 1. The number of rotatable bonds is 4. The second-order valence-corrected chi connectivity index (χ2v) is 8.53. The molecule has 1 aromatic carbocycles. The molecule has 1 saturated heterocycles. The SMILES string of the molecule is COc1cc(C)c(C(C)C)cc1S(=O)(=O)N1CCCC(C)C1. The van der Waals surface area contributed by atoms with Crippen molar-refractivity contribution in [1.82, 2.24) is 4.31 Å². The minimum atomic E-state index is -3.50. The van der Waals surface area contributed by atoms with Crippen LogP contribution in [-0.4, -0.2) is 32.9 Å². The summed E-state index contributed by atoms with van der Waals surface area (Å²) in [5.41, 5.74) is 2.13. The van der Waals surface area contributed by atoms with E-state index in [0.717, 1.165) is 24.0 Å². The van der Waals surface area contributed by atoms with Gasteiger partial charge in [0.2, 0.25) is 10.0 Å². The molecule has 22 heavy (non-hydrogen) atoms. The first-order valence-electron chi connectivity index (χ1n) is 7.96. The number of piperidine rings is 1. The van der Waals surface area contributed by atoms with Crippen LogP contribution in [0.25, 0.3) is 0 Å². The minimum absolute atomic E-state index is 0.278. The molecule has 0 bridgehead atoms. The fraction of sp³-hybridized carbons (Fsp3) is 0.647. The largest absolute Gasteiger partial charge is 0.495 e. The maximum absolute atomic E-state index is 13.0. The van der Waals surface area contributed by atoms with Crippen LogP contribution in [0.4, 0.5) is 0 Å². The molecule has 0 radical (unpaired) electrons. The lowest BCUT2D eigenvalue weighted by Gasteiger charge is -2.30. The molecule has 5 heteroatoms. The van der Waals surface area contributed by atoms with Crippen LogP contribution < -0.4 is 4.74 Å². The van der Waals surface area contributed by atoms with Crippen LogP contribution in [0.15, 0.2) is 17.0 Å². The van der Waals surface area contributed by atoms with Crippen LogP contribution in [0.5, 0.6) is 5.75 Å². The maximum Gasteiger partial charge on any atom is 0.246 e. The smallest absolute Gasteiger partial charge is 0.246 e. The number of sulfonamides is 1. The van der Waals surface area contributed by atoms with Crippen molar-refractivity contribution in [1.29, 1.82) is 0 Å². The normalized spacial score (nSPS) is 20.4. The number of methoxy groups -OCH3 is 1. The fourth-order valence-electron chi connectivity index (χ4n) is 3.16. The van der Waals surface area contributed by atoms with Crippen LogP contribution in [0.2, 0.25) is 0 Å². The second kappa shape index (κ2) is 6.59. The molecule has 2 rings (SSSR count). The molecule has 0 saturated carbocycles. The van der Waals surface area contributed by atoms with Gasteiger partial charge in [-0.3, -0.25) is 0 Å². The van der Waals surface area contributed by atoms with Crippen LogP contribution in [0.1, 0.15) is 50.7 Å². The molecule has 1 fully saturated rings. The summed E-state index contributed by atoms with van der Waals surface area (Å²) in [4.78, 5) is 0.304. The van der Waals surface area contributed by atoms with E-state index in [0.29, 0.717) is 29.7 Å². The summed E-state index contributed by atoms with van der Waals surface area (Å²) < 4.78 is 33.1. The Hall–Kier alpha value is -1.07. The number of nitrogens with zero attached hydrogens (tertiary/aromatic N) is 1. The Balaban J connectivity index is 2.51. The van der Waals surface area contributed by atoms with Crippen molar-refractivity contribution < 1.29 is 13.2 Å².